The van der Waals surface area contributed by atoms with Crippen molar-refractivity contribution in [2.24, 2.45) is 0 Å². The molecule has 0 aliphatic carbocycles. The first kappa shape index (κ1) is 20.2. The second-order valence-corrected chi connectivity index (χ2v) is 6.89. The van der Waals surface area contributed by atoms with E-state index in [1.165, 1.54) is 19.2 Å². The Balaban J connectivity index is 1.40. The molecule has 0 unspecified atom stereocenters. The van der Waals surface area contributed by atoms with Gasteiger partial charge in [0.2, 0.25) is 5.91 Å². The van der Waals surface area contributed by atoms with Crippen LogP contribution in [0.15, 0.2) is 42.5 Å². The highest BCUT2D eigenvalue weighted by atomic mass is 19.1. The molecule has 1 aliphatic rings. The summed E-state index contributed by atoms with van der Waals surface area (Å²) in [7, 11) is 1.45. The first-order valence-electron chi connectivity index (χ1n) is 9.32. The predicted molar refractivity (Wildman–Crippen MR) is 103 cm³/mol. The van der Waals surface area contributed by atoms with E-state index >= 15 is 0 Å². The van der Waals surface area contributed by atoms with Crippen molar-refractivity contribution in [1.82, 2.24) is 15.1 Å². The summed E-state index contributed by atoms with van der Waals surface area (Å²) < 4.78 is 32.3. The van der Waals surface area contributed by atoms with Gasteiger partial charge in [-0.1, -0.05) is 24.3 Å². The number of piperazine rings is 1. The van der Waals surface area contributed by atoms with Gasteiger partial charge in [0, 0.05) is 44.8 Å². The molecular weight excluding hydrogens is 364 g/mol. The van der Waals surface area contributed by atoms with Crippen molar-refractivity contribution < 1.29 is 18.3 Å². The number of carbonyl (C=O) groups is 1. The maximum absolute atomic E-state index is 13.8. The van der Waals surface area contributed by atoms with Gasteiger partial charge in [0.25, 0.3) is 0 Å². The lowest BCUT2D eigenvalue weighted by molar-refractivity contribution is -0.122. The number of hydrogen-bond donors (Lipinski definition) is 1. The van der Waals surface area contributed by atoms with Crippen LogP contribution in [0.1, 0.15) is 11.1 Å². The van der Waals surface area contributed by atoms with E-state index in [4.69, 9.17) is 4.74 Å². The number of carbonyl (C=O) groups excluding carboxylic acids is 1. The van der Waals surface area contributed by atoms with Gasteiger partial charge in [-0.05, 0) is 23.8 Å². The molecule has 150 valence electrons. The zero-order chi connectivity index (χ0) is 19.9. The highest BCUT2D eigenvalue weighted by molar-refractivity contribution is 5.78. The molecule has 1 N–H and O–H groups in total. The number of amides is 1. The summed E-state index contributed by atoms with van der Waals surface area (Å²) in [6.45, 7) is 4.25. The number of benzene rings is 2. The number of rotatable bonds is 7. The fraction of sp³-hybridized carbons (Fsp3) is 0.381. The Hall–Kier alpha value is -2.51. The normalized spacial score (nSPS) is 15.4. The topological polar surface area (TPSA) is 44.8 Å². The van der Waals surface area contributed by atoms with Crippen LogP contribution in [0.2, 0.25) is 0 Å². The minimum absolute atomic E-state index is 0.117. The molecule has 1 amide bonds. The van der Waals surface area contributed by atoms with Crippen LogP contribution in [-0.4, -0.2) is 55.5 Å². The van der Waals surface area contributed by atoms with Gasteiger partial charge < -0.3 is 10.1 Å². The molecule has 1 fully saturated rings. The highest BCUT2D eigenvalue weighted by Gasteiger charge is 2.19. The van der Waals surface area contributed by atoms with Crippen LogP contribution >= 0.6 is 0 Å². The van der Waals surface area contributed by atoms with Crippen molar-refractivity contribution in [2.45, 2.75) is 13.1 Å². The number of methoxy groups -OCH3 is 1. The lowest BCUT2D eigenvalue weighted by atomic mass is 10.2. The molecular formula is C21H25F2N3O2. The van der Waals surface area contributed by atoms with Crippen LogP contribution in [0.3, 0.4) is 0 Å². The standard InChI is InChI=1S/C21H25F2N3O2/c1-28-20-7-6-16(12-19(20)23)14-25-8-10-26(11-9-25)15-21(27)24-13-17-4-2-3-5-18(17)22/h2-7,12H,8-11,13-15H2,1H3,(H,24,27). The Bertz CT molecular complexity index is 808. The van der Waals surface area contributed by atoms with Crippen molar-refractivity contribution in [3.05, 3.63) is 65.2 Å². The van der Waals surface area contributed by atoms with Gasteiger partial charge in [0.15, 0.2) is 11.6 Å². The fourth-order valence-corrected chi connectivity index (χ4v) is 3.27. The molecule has 1 aliphatic heterocycles. The van der Waals surface area contributed by atoms with Gasteiger partial charge in [-0.2, -0.15) is 0 Å². The SMILES string of the molecule is COc1ccc(CN2CCN(CC(=O)NCc3ccccc3F)CC2)cc1F. The van der Waals surface area contributed by atoms with Crippen LogP contribution < -0.4 is 10.1 Å². The summed E-state index contributed by atoms with van der Waals surface area (Å²) in [5.41, 5.74) is 1.38. The van der Waals surface area contributed by atoms with E-state index < -0.39 is 0 Å². The number of halogens is 2. The highest BCUT2D eigenvalue weighted by Crippen LogP contribution is 2.19. The van der Waals surface area contributed by atoms with Gasteiger partial charge in [-0.25, -0.2) is 8.78 Å². The van der Waals surface area contributed by atoms with E-state index in [0.717, 1.165) is 31.7 Å². The Morgan fingerprint density at radius 1 is 1.04 bits per heavy atom. The average Bonchev–Trinajstić information content (AvgIpc) is 2.69. The summed E-state index contributed by atoms with van der Waals surface area (Å²) in [5, 5.41) is 2.77. The predicted octanol–water partition coefficient (Wildman–Crippen LogP) is 2.41. The third-order valence-corrected chi connectivity index (χ3v) is 4.89. The van der Waals surface area contributed by atoms with E-state index in [1.54, 1.807) is 24.3 Å². The van der Waals surface area contributed by atoms with E-state index in [0.29, 0.717) is 18.7 Å². The molecule has 1 saturated heterocycles. The number of nitrogens with one attached hydrogen (secondary N) is 1. The molecule has 2 aromatic rings. The number of nitrogens with zero attached hydrogens (tertiary/aromatic N) is 2. The largest absolute Gasteiger partial charge is 0.494 e. The Morgan fingerprint density at radius 3 is 2.43 bits per heavy atom. The minimum Gasteiger partial charge on any atom is -0.494 e. The van der Waals surface area contributed by atoms with Crippen molar-refractivity contribution in [2.75, 3.05) is 39.8 Å². The van der Waals surface area contributed by atoms with Gasteiger partial charge in [0.1, 0.15) is 5.82 Å². The van der Waals surface area contributed by atoms with E-state index in [-0.39, 0.29) is 29.8 Å². The molecule has 7 heteroatoms. The summed E-state index contributed by atoms with van der Waals surface area (Å²) in [6, 6.07) is 11.4. The summed E-state index contributed by atoms with van der Waals surface area (Å²) in [6.07, 6.45) is 0. The molecule has 2 aromatic carbocycles. The maximum Gasteiger partial charge on any atom is 0.234 e. The van der Waals surface area contributed by atoms with Crippen molar-refractivity contribution in [1.29, 1.82) is 0 Å². The summed E-state index contributed by atoms with van der Waals surface area (Å²) >= 11 is 0. The Kier molecular flexibility index (Phi) is 6.95. The Morgan fingerprint density at radius 2 is 1.75 bits per heavy atom. The zero-order valence-corrected chi connectivity index (χ0v) is 16.0. The van der Waals surface area contributed by atoms with E-state index in [1.807, 2.05) is 6.07 Å². The van der Waals surface area contributed by atoms with Crippen molar-refractivity contribution in [3.63, 3.8) is 0 Å². The first-order valence-corrected chi connectivity index (χ1v) is 9.32. The van der Waals surface area contributed by atoms with Crippen molar-refractivity contribution >= 4 is 5.91 Å². The monoisotopic (exact) mass is 389 g/mol. The van der Waals surface area contributed by atoms with Crippen LogP contribution in [0.25, 0.3) is 0 Å². The maximum atomic E-state index is 13.8. The second kappa shape index (κ2) is 9.61. The molecule has 0 radical (unpaired) electrons. The van der Waals surface area contributed by atoms with Crippen LogP contribution in [0.5, 0.6) is 5.75 Å². The van der Waals surface area contributed by atoms with Gasteiger partial charge in [0.05, 0.1) is 13.7 Å². The van der Waals surface area contributed by atoms with Crippen LogP contribution in [-0.2, 0) is 17.9 Å². The third kappa shape index (κ3) is 5.50. The number of ether oxygens (including phenoxy) is 1. The molecule has 5 nitrogen and oxygen atoms in total. The van der Waals surface area contributed by atoms with Gasteiger partial charge in [-0.15, -0.1) is 0 Å². The molecule has 0 atom stereocenters. The quantitative estimate of drug-likeness (QED) is 0.790. The summed E-state index contributed by atoms with van der Waals surface area (Å²) in [5.74, 6) is -0.541. The second-order valence-electron chi connectivity index (χ2n) is 6.89. The average molecular weight is 389 g/mol. The lowest BCUT2D eigenvalue weighted by Gasteiger charge is -2.34. The lowest BCUT2D eigenvalue weighted by Crippen LogP contribution is -2.49. The zero-order valence-electron chi connectivity index (χ0n) is 16.0. The smallest absolute Gasteiger partial charge is 0.234 e. The molecule has 0 spiro atoms. The van der Waals surface area contributed by atoms with Crippen molar-refractivity contribution in [3.8, 4) is 5.75 Å². The number of hydrogen-bond acceptors (Lipinski definition) is 4. The molecule has 0 aromatic heterocycles. The van der Waals surface area contributed by atoms with E-state index in [9.17, 15) is 13.6 Å². The fourth-order valence-electron chi connectivity index (χ4n) is 3.27. The van der Waals surface area contributed by atoms with Gasteiger partial charge in [-0.3, -0.25) is 14.6 Å². The van der Waals surface area contributed by atoms with Crippen LogP contribution in [0.4, 0.5) is 8.78 Å². The molecule has 0 saturated carbocycles. The molecule has 1 heterocycles. The molecule has 0 bridgehead atoms. The van der Waals surface area contributed by atoms with Crippen LogP contribution in [0, 0.1) is 11.6 Å². The summed E-state index contributed by atoms with van der Waals surface area (Å²) in [4.78, 5) is 16.4. The third-order valence-electron chi connectivity index (χ3n) is 4.89. The van der Waals surface area contributed by atoms with Gasteiger partial charge >= 0.3 is 0 Å². The molecule has 28 heavy (non-hydrogen) atoms. The minimum atomic E-state index is -0.356. The molecule has 3 rings (SSSR count). The Labute approximate surface area is 163 Å². The van der Waals surface area contributed by atoms with E-state index in [2.05, 4.69) is 15.1 Å². The first-order chi connectivity index (χ1) is 13.5.